The van der Waals surface area contributed by atoms with E-state index in [0.717, 1.165) is 29.5 Å². The Bertz CT molecular complexity index is 704. The van der Waals surface area contributed by atoms with Crippen molar-refractivity contribution in [2.45, 2.75) is 52.9 Å². The Hall–Kier alpha value is -2.03. The Morgan fingerprint density at radius 3 is 2.52 bits per heavy atom. The van der Waals surface area contributed by atoms with Crippen molar-refractivity contribution in [2.24, 2.45) is 5.92 Å². The minimum atomic E-state index is -0.298. The quantitative estimate of drug-likeness (QED) is 0.419. The van der Waals surface area contributed by atoms with Crippen molar-refractivity contribution < 1.29 is 14.3 Å². The van der Waals surface area contributed by atoms with Gasteiger partial charge in [0.05, 0.1) is 13.7 Å². The van der Waals surface area contributed by atoms with Crippen LogP contribution in [0.2, 0.25) is 0 Å². The van der Waals surface area contributed by atoms with Gasteiger partial charge in [-0.2, -0.15) is 0 Å². The molecule has 0 bridgehead atoms. The summed E-state index contributed by atoms with van der Waals surface area (Å²) < 4.78 is 10.9. The van der Waals surface area contributed by atoms with Gasteiger partial charge in [0.15, 0.2) is 0 Å². The molecule has 3 nitrogen and oxygen atoms in total. The Labute approximate surface area is 151 Å². The predicted molar refractivity (Wildman–Crippen MR) is 103 cm³/mol. The van der Waals surface area contributed by atoms with E-state index in [1.807, 2.05) is 31.2 Å². The number of rotatable bonds is 9. The molecule has 25 heavy (non-hydrogen) atoms. The van der Waals surface area contributed by atoms with E-state index in [2.05, 4.69) is 19.9 Å². The molecular weight excluding hydrogens is 312 g/mol. The van der Waals surface area contributed by atoms with Gasteiger partial charge in [0, 0.05) is 0 Å². The Morgan fingerprint density at radius 2 is 1.80 bits per heavy atom. The summed E-state index contributed by atoms with van der Waals surface area (Å²) in [5.41, 5.74) is 1.69. The van der Waals surface area contributed by atoms with Crippen molar-refractivity contribution in [1.82, 2.24) is 0 Å². The summed E-state index contributed by atoms with van der Waals surface area (Å²) in [5, 5.41) is 1.91. The molecule has 136 valence electrons. The van der Waals surface area contributed by atoms with E-state index in [9.17, 15) is 4.79 Å². The van der Waals surface area contributed by atoms with Crippen molar-refractivity contribution in [1.29, 1.82) is 0 Å². The molecule has 2 aromatic rings. The molecule has 0 aliphatic carbocycles. The summed E-state index contributed by atoms with van der Waals surface area (Å²) in [7, 11) is 1.58. The molecule has 0 N–H and O–H groups in total. The number of fused-ring (bicyclic) bond motifs is 1. The van der Waals surface area contributed by atoms with Crippen molar-refractivity contribution in [3.63, 3.8) is 0 Å². The van der Waals surface area contributed by atoms with Gasteiger partial charge in [-0.25, -0.2) is 4.79 Å². The highest BCUT2D eigenvalue weighted by atomic mass is 16.5. The number of ether oxygens (including phenoxy) is 2. The SMILES string of the molecule is COc1ccc2cc(C)ccc2c1C(=O)OCCCCCCC(C)C. The van der Waals surface area contributed by atoms with E-state index in [-0.39, 0.29) is 5.97 Å². The summed E-state index contributed by atoms with van der Waals surface area (Å²) in [6.45, 7) is 7.01. The molecule has 0 aromatic heterocycles. The highest BCUT2D eigenvalue weighted by Crippen LogP contribution is 2.29. The number of carbonyl (C=O) groups excluding carboxylic acids is 1. The van der Waals surface area contributed by atoms with Crippen molar-refractivity contribution in [2.75, 3.05) is 13.7 Å². The molecule has 0 fully saturated rings. The van der Waals surface area contributed by atoms with Crippen LogP contribution in [0.4, 0.5) is 0 Å². The van der Waals surface area contributed by atoms with Crippen molar-refractivity contribution >= 4 is 16.7 Å². The first-order valence-electron chi connectivity index (χ1n) is 9.27. The van der Waals surface area contributed by atoms with Crippen LogP contribution in [0.15, 0.2) is 30.3 Å². The van der Waals surface area contributed by atoms with Gasteiger partial charge in [0.1, 0.15) is 11.3 Å². The second kappa shape index (κ2) is 9.45. The zero-order chi connectivity index (χ0) is 18.2. The van der Waals surface area contributed by atoms with E-state index in [1.165, 1.54) is 24.8 Å². The number of aryl methyl sites for hydroxylation is 1. The number of methoxy groups -OCH3 is 1. The highest BCUT2D eigenvalue weighted by Gasteiger charge is 2.17. The third-order valence-electron chi connectivity index (χ3n) is 4.47. The second-order valence-corrected chi connectivity index (χ2v) is 7.10. The van der Waals surface area contributed by atoms with Crippen LogP contribution in [0.1, 0.15) is 61.9 Å². The molecule has 2 rings (SSSR count). The maximum Gasteiger partial charge on any atom is 0.342 e. The molecule has 0 heterocycles. The first-order chi connectivity index (χ1) is 12.0. The molecule has 0 amide bonds. The lowest BCUT2D eigenvalue weighted by molar-refractivity contribution is 0.0496. The Balaban J connectivity index is 1.97. The summed E-state index contributed by atoms with van der Waals surface area (Å²) >= 11 is 0. The topological polar surface area (TPSA) is 35.5 Å². The van der Waals surface area contributed by atoms with Crippen LogP contribution < -0.4 is 4.74 Å². The van der Waals surface area contributed by atoms with Crippen molar-refractivity contribution in [3.8, 4) is 5.75 Å². The van der Waals surface area contributed by atoms with Crippen LogP contribution in [0, 0.1) is 12.8 Å². The number of hydrogen-bond donors (Lipinski definition) is 0. The highest BCUT2D eigenvalue weighted by molar-refractivity contribution is 6.07. The fraction of sp³-hybridized carbons (Fsp3) is 0.500. The zero-order valence-electron chi connectivity index (χ0n) is 15.9. The van der Waals surface area contributed by atoms with Gasteiger partial charge in [-0.05, 0) is 36.1 Å². The van der Waals surface area contributed by atoms with Crippen LogP contribution in [0.5, 0.6) is 5.75 Å². The fourth-order valence-corrected chi connectivity index (χ4v) is 3.06. The molecule has 0 aliphatic heterocycles. The predicted octanol–water partition coefficient (Wildman–Crippen LogP) is 5.92. The minimum Gasteiger partial charge on any atom is -0.496 e. The molecular formula is C22H30O3. The van der Waals surface area contributed by atoms with Crippen molar-refractivity contribution in [3.05, 3.63) is 41.5 Å². The normalized spacial score (nSPS) is 11.1. The third-order valence-corrected chi connectivity index (χ3v) is 4.47. The molecule has 0 unspecified atom stereocenters. The third kappa shape index (κ3) is 5.48. The Kier molecular flexibility index (Phi) is 7.30. The maximum atomic E-state index is 12.6. The number of hydrogen-bond acceptors (Lipinski definition) is 3. The first kappa shape index (κ1) is 19.3. The molecule has 0 atom stereocenters. The smallest absolute Gasteiger partial charge is 0.342 e. The average Bonchev–Trinajstić information content (AvgIpc) is 2.59. The second-order valence-electron chi connectivity index (χ2n) is 7.10. The van der Waals surface area contributed by atoms with Gasteiger partial charge in [0.25, 0.3) is 0 Å². The summed E-state index contributed by atoms with van der Waals surface area (Å²) in [4.78, 5) is 12.6. The first-order valence-corrected chi connectivity index (χ1v) is 9.27. The molecule has 0 saturated heterocycles. The van der Waals surface area contributed by atoms with Gasteiger partial charge in [-0.15, -0.1) is 0 Å². The molecule has 3 heteroatoms. The molecule has 0 aliphatic rings. The van der Waals surface area contributed by atoms with Gasteiger partial charge in [-0.3, -0.25) is 0 Å². The largest absolute Gasteiger partial charge is 0.496 e. The van der Waals surface area contributed by atoms with Crippen LogP contribution in [0.25, 0.3) is 10.8 Å². The number of esters is 1. The molecule has 2 aromatic carbocycles. The molecule has 0 spiro atoms. The molecule has 0 saturated carbocycles. The lowest BCUT2D eigenvalue weighted by Gasteiger charge is -2.12. The number of benzene rings is 2. The van der Waals surface area contributed by atoms with Gasteiger partial charge < -0.3 is 9.47 Å². The summed E-state index contributed by atoms with van der Waals surface area (Å²) in [6, 6.07) is 9.86. The number of unbranched alkanes of at least 4 members (excludes halogenated alkanes) is 3. The summed E-state index contributed by atoms with van der Waals surface area (Å²) in [5.74, 6) is 1.03. The monoisotopic (exact) mass is 342 g/mol. The lowest BCUT2D eigenvalue weighted by Crippen LogP contribution is -2.09. The van der Waals surface area contributed by atoms with Gasteiger partial charge in [-0.1, -0.05) is 69.4 Å². The van der Waals surface area contributed by atoms with Crippen LogP contribution in [-0.2, 0) is 4.74 Å². The minimum absolute atomic E-state index is 0.298. The van der Waals surface area contributed by atoms with E-state index < -0.39 is 0 Å². The fourth-order valence-electron chi connectivity index (χ4n) is 3.06. The summed E-state index contributed by atoms with van der Waals surface area (Å²) in [6.07, 6.45) is 5.74. The average molecular weight is 342 g/mol. The Morgan fingerprint density at radius 1 is 1.04 bits per heavy atom. The standard InChI is InChI=1S/C22H30O3/c1-16(2)9-7-5-6-8-14-25-22(23)21-19-12-10-17(3)15-18(19)11-13-20(21)24-4/h10-13,15-16H,5-9,14H2,1-4H3. The van der Waals surface area contributed by atoms with Gasteiger partial charge >= 0.3 is 5.97 Å². The van der Waals surface area contributed by atoms with Crippen LogP contribution in [-0.4, -0.2) is 19.7 Å². The molecule has 0 radical (unpaired) electrons. The van der Waals surface area contributed by atoms with E-state index in [4.69, 9.17) is 9.47 Å². The van der Waals surface area contributed by atoms with E-state index in [0.29, 0.717) is 17.9 Å². The van der Waals surface area contributed by atoms with Gasteiger partial charge in [0.2, 0.25) is 0 Å². The number of carbonyl (C=O) groups is 1. The van der Waals surface area contributed by atoms with E-state index >= 15 is 0 Å². The van der Waals surface area contributed by atoms with Crippen LogP contribution in [0.3, 0.4) is 0 Å². The van der Waals surface area contributed by atoms with Crippen LogP contribution >= 0.6 is 0 Å². The maximum absolute atomic E-state index is 12.6. The lowest BCUT2D eigenvalue weighted by atomic mass is 10.0. The zero-order valence-corrected chi connectivity index (χ0v) is 15.9. The van der Waals surface area contributed by atoms with E-state index in [1.54, 1.807) is 7.11 Å².